The maximum absolute atomic E-state index is 13.0. The van der Waals surface area contributed by atoms with Crippen LogP contribution in [0.5, 0.6) is 0 Å². The molecule has 1 N–H and O–H groups in total. The first kappa shape index (κ1) is 21.8. The molecule has 2 atom stereocenters. The van der Waals surface area contributed by atoms with E-state index in [1.807, 2.05) is 12.1 Å². The summed E-state index contributed by atoms with van der Waals surface area (Å²) in [4.78, 5) is 53.6. The number of carbonyl (C=O) groups excluding carboxylic acids is 4. The van der Waals surface area contributed by atoms with Crippen molar-refractivity contribution in [3.05, 3.63) is 70.2 Å². The van der Waals surface area contributed by atoms with E-state index in [2.05, 4.69) is 5.32 Å². The van der Waals surface area contributed by atoms with Crippen molar-refractivity contribution in [2.24, 2.45) is 0 Å². The van der Waals surface area contributed by atoms with Crippen molar-refractivity contribution < 1.29 is 23.9 Å². The van der Waals surface area contributed by atoms with Crippen LogP contribution in [-0.4, -0.2) is 72.3 Å². The van der Waals surface area contributed by atoms with Gasteiger partial charge in [-0.2, -0.15) is 0 Å². The summed E-state index contributed by atoms with van der Waals surface area (Å²) >= 11 is 5.91. The fourth-order valence-corrected chi connectivity index (χ4v) is 4.19. The van der Waals surface area contributed by atoms with Crippen LogP contribution < -0.4 is 5.32 Å². The van der Waals surface area contributed by atoms with Crippen LogP contribution in [0.25, 0.3) is 0 Å². The van der Waals surface area contributed by atoms with Gasteiger partial charge in [-0.1, -0.05) is 29.8 Å². The smallest absolute Gasteiger partial charge is 0.337 e. The Morgan fingerprint density at radius 2 is 1.81 bits per heavy atom. The van der Waals surface area contributed by atoms with E-state index in [0.717, 1.165) is 5.56 Å². The Labute approximate surface area is 190 Å². The minimum atomic E-state index is -0.745. The highest BCUT2D eigenvalue weighted by atomic mass is 35.5. The molecule has 4 rings (SSSR count). The van der Waals surface area contributed by atoms with E-state index in [9.17, 15) is 19.2 Å². The first-order valence-electron chi connectivity index (χ1n) is 10.2. The second-order valence-electron chi connectivity index (χ2n) is 7.76. The van der Waals surface area contributed by atoms with Gasteiger partial charge < -0.3 is 19.9 Å². The number of ether oxygens (including phenoxy) is 1. The largest absolute Gasteiger partial charge is 0.465 e. The molecule has 166 valence electrons. The number of benzene rings is 2. The van der Waals surface area contributed by atoms with Crippen LogP contribution in [0.2, 0.25) is 5.02 Å². The van der Waals surface area contributed by atoms with E-state index >= 15 is 0 Å². The molecule has 0 saturated carbocycles. The predicted molar refractivity (Wildman–Crippen MR) is 116 cm³/mol. The van der Waals surface area contributed by atoms with Crippen LogP contribution >= 0.6 is 11.6 Å². The third kappa shape index (κ3) is 4.31. The molecule has 2 saturated heterocycles. The van der Waals surface area contributed by atoms with Gasteiger partial charge >= 0.3 is 5.97 Å². The molecule has 2 aliphatic rings. The normalized spacial score (nSPS) is 20.4. The number of amides is 3. The molecule has 0 aliphatic carbocycles. The summed E-state index contributed by atoms with van der Waals surface area (Å²) in [5, 5.41) is 3.40. The Bertz CT molecular complexity index is 1070. The van der Waals surface area contributed by atoms with Crippen LogP contribution in [0, 0.1) is 0 Å². The van der Waals surface area contributed by atoms with E-state index in [1.54, 1.807) is 35.2 Å². The van der Waals surface area contributed by atoms with Gasteiger partial charge in [0.25, 0.3) is 5.91 Å². The first-order valence-corrected chi connectivity index (χ1v) is 10.6. The Balaban J connectivity index is 1.45. The Kier molecular flexibility index (Phi) is 6.14. The molecule has 3 amide bonds. The lowest BCUT2D eigenvalue weighted by Gasteiger charge is -2.45. The third-order valence-corrected chi connectivity index (χ3v) is 6.00. The molecule has 2 heterocycles. The average molecular weight is 456 g/mol. The molecule has 2 unspecified atom stereocenters. The maximum atomic E-state index is 13.0. The topological polar surface area (TPSA) is 96.0 Å². The van der Waals surface area contributed by atoms with Gasteiger partial charge in [-0.05, 0) is 35.9 Å². The van der Waals surface area contributed by atoms with Crippen molar-refractivity contribution in [1.29, 1.82) is 0 Å². The van der Waals surface area contributed by atoms with Crippen molar-refractivity contribution in [3.8, 4) is 0 Å². The van der Waals surface area contributed by atoms with Crippen LogP contribution in [0.4, 0.5) is 0 Å². The van der Waals surface area contributed by atoms with Crippen molar-refractivity contribution in [3.63, 3.8) is 0 Å². The second-order valence-corrected chi connectivity index (χ2v) is 8.20. The maximum Gasteiger partial charge on any atom is 0.337 e. The Morgan fingerprint density at radius 3 is 2.53 bits per heavy atom. The number of esters is 1. The quantitative estimate of drug-likeness (QED) is 0.705. The molecule has 2 aliphatic heterocycles. The predicted octanol–water partition coefficient (Wildman–Crippen LogP) is 1.52. The van der Waals surface area contributed by atoms with Crippen LogP contribution in [0.3, 0.4) is 0 Å². The Morgan fingerprint density at radius 1 is 1.09 bits per heavy atom. The molecule has 32 heavy (non-hydrogen) atoms. The zero-order valence-corrected chi connectivity index (χ0v) is 18.2. The third-order valence-electron chi connectivity index (χ3n) is 5.75. The summed E-state index contributed by atoms with van der Waals surface area (Å²) in [5.74, 6) is -1.29. The standard InChI is InChI=1S/C23H22ClN3O5/c1-32-23(31)16-4-2-3-15(12-16)21(29)26-9-10-27-19(13-26)20(28)25-18(22(27)30)11-14-5-7-17(24)8-6-14/h2-8,12,18-19H,9-11,13H2,1H3,(H,25,28). The van der Waals surface area contributed by atoms with E-state index in [1.165, 1.54) is 18.1 Å². The van der Waals surface area contributed by atoms with Gasteiger partial charge in [-0.25, -0.2) is 4.79 Å². The van der Waals surface area contributed by atoms with E-state index < -0.39 is 18.1 Å². The van der Waals surface area contributed by atoms with Gasteiger partial charge in [0.1, 0.15) is 12.1 Å². The highest BCUT2D eigenvalue weighted by molar-refractivity contribution is 6.30. The second kappa shape index (κ2) is 9.00. The lowest BCUT2D eigenvalue weighted by Crippen LogP contribution is -2.70. The summed E-state index contributed by atoms with van der Waals surface area (Å²) in [6.07, 6.45) is 0.369. The van der Waals surface area contributed by atoms with Gasteiger partial charge in [0.2, 0.25) is 11.8 Å². The highest BCUT2D eigenvalue weighted by Gasteiger charge is 2.44. The molecule has 8 nitrogen and oxygen atoms in total. The van der Waals surface area contributed by atoms with Gasteiger partial charge in [0.05, 0.1) is 19.2 Å². The lowest BCUT2D eigenvalue weighted by molar-refractivity contribution is -0.152. The number of piperazine rings is 2. The molecular weight excluding hydrogens is 434 g/mol. The molecule has 0 bridgehead atoms. The summed E-state index contributed by atoms with van der Waals surface area (Å²) in [6, 6.07) is 12.0. The molecule has 2 fully saturated rings. The zero-order valence-electron chi connectivity index (χ0n) is 17.4. The summed E-state index contributed by atoms with van der Waals surface area (Å²) in [7, 11) is 1.27. The number of methoxy groups -OCH3 is 1. The number of rotatable bonds is 4. The number of nitrogens with one attached hydrogen (secondary N) is 1. The first-order chi connectivity index (χ1) is 15.4. The summed E-state index contributed by atoms with van der Waals surface area (Å²) < 4.78 is 4.70. The molecule has 2 aromatic rings. The number of nitrogens with zero attached hydrogens (tertiary/aromatic N) is 2. The Hall–Kier alpha value is -3.39. The van der Waals surface area contributed by atoms with Gasteiger partial charge in [0.15, 0.2) is 0 Å². The number of hydrogen-bond donors (Lipinski definition) is 1. The molecule has 0 spiro atoms. The molecular formula is C23H22ClN3O5. The highest BCUT2D eigenvalue weighted by Crippen LogP contribution is 2.21. The molecule has 0 aromatic heterocycles. The van der Waals surface area contributed by atoms with Crippen molar-refractivity contribution in [2.75, 3.05) is 26.7 Å². The van der Waals surface area contributed by atoms with E-state index in [4.69, 9.17) is 16.3 Å². The lowest BCUT2D eigenvalue weighted by atomic mass is 9.98. The van der Waals surface area contributed by atoms with Crippen molar-refractivity contribution >= 4 is 35.3 Å². The minimum Gasteiger partial charge on any atom is -0.465 e. The van der Waals surface area contributed by atoms with Crippen molar-refractivity contribution in [2.45, 2.75) is 18.5 Å². The fourth-order valence-electron chi connectivity index (χ4n) is 4.06. The molecule has 0 radical (unpaired) electrons. The molecule has 2 aromatic carbocycles. The fraction of sp³-hybridized carbons (Fsp3) is 0.304. The van der Waals surface area contributed by atoms with E-state index in [0.29, 0.717) is 23.6 Å². The molecule has 9 heteroatoms. The van der Waals surface area contributed by atoms with E-state index in [-0.39, 0.29) is 36.4 Å². The van der Waals surface area contributed by atoms with Crippen molar-refractivity contribution in [1.82, 2.24) is 15.1 Å². The average Bonchev–Trinajstić information content (AvgIpc) is 2.82. The number of fused-ring (bicyclic) bond motifs is 1. The zero-order chi connectivity index (χ0) is 22.8. The SMILES string of the molecule is COC(=O)c1cccc(C(=O)N2CCN3C(=O)C(Cc4ccc(Cl)cc4)NC(=O)C3C2)c1. The van der Waals surface area contributed by atoms with Gasteiger partial charge in [-0.15, -0.1) is 0 Å². The monoisotopic (exact) mass is 455 g/mol. The summed E-state index contributed by atoms with van der Waals surface area (Å²) in [6.45, 7) is 0.646. The van der Waals surface area contributed by atoms with Crippen LogP contribution in [0.15, 0.2) is 48.5 Å². The van der Waals surface area contributed by atoms with Gasteiger partial charge in [0, 0.05) is 30.1 Å². The summed E-state index contributed by atoms with van der Waals surface area (Å²) in [5.41, 5.74) is 1.49. The van der Waals surface area contributed by atoms with Crippen LogP contribution in [0.1, 0.15) is 26.3 Å². The number of hydrogen-bond acceptors (Lipinski definition) is 5. The number of carbonyl (C=O) groups is 4. The number of halogens is 1. The van der Waals surface area contributed by atoms with Crippen LogP contribution in [-0.2, 0) is 20.7 Å². The van der Waals surface area contributed by atoms with Gasteiger partial charge in [-0.3, -0.25) is 14.4 Å². The minimum absolute atomic E-state index is 0.0898.